The van der Waals surface area contributed by atoms with Gasteiger partial charge in [-0.3, -0.25) is 9.13 Å². The van der Waals surface area contributed by atoms with Gasteiger partial charge < -0.3 is 9.13 Å². The molecule has 0 aliphatic heterocycles. The van der Waals surface area contributed by atoms with Crippen molar-refractivity contribution in [1.82, 2.24) is 28.2 Å². The molecule has 0 saturated heterocycles. The van der Waals surface area contributed by atoms with E-state index in [9.17, 15) is 0 Å². The molecule has 14 aromatic rings. The van der Waals surface area contributed by atoms with Crippen LogP contribution < -0.4 is 0 Å². The van der Waals surface area contributed by atoms with E-state index in [0.29, 0.717) is 5.95 Å². The molecule has 0 amide bonds. The van der Waals surface area contributed by atoms with Gasteiger partial charge in [0.2, 0.25) is 5.95 Å². The van der Waals surface area contributed by atoms with Crippen LogP contribution in [0, 0.1) is 0 Å². The molecule has 5 aromatic heterocycles. The Morgan fingerprint density at radius 2 is 0.594 bits per heavy atom. The van der Waals surface area contributed by atoms with E-state index in [2.05, 4.69) is 237 Å². The molecule has 6 heteroatoms. The first-order valence-corrected chi connectivity index (χ1v) is 21.8. The summed E-state index contributed by atoms with van der Waals surface area (Å²) >= 11 is 0. The molecule has 0 unspecified atom stereocenters. The summed E-state index contributed by atoms with van der Waals surface area (Å²) in [5.74, 6) is 1.41. The number of hydrogen-bond acceptors (Lipinski definition) is 2. The van der Waals surface area contributed by atoms with Gasteiger partial charge >= 0.3 is 0 Å². The molecule has 0 aliphatic rings. The lowest BCUT2D eigenvalue weighted by molar-refractivity contribution is 0.952. The van der Waals surface area contributed by atoms with Crippen molar-refractivity contribution in [3.8, 4) is 34.4 Å². The Kier molecular flexibility index (Phi) is 7.30. The summed E-state index contributed by atoms with van der Waals surface area (Å²) in [6.45, 7) is 0. The summed E-state index contributed by atoms with van der Waals surface area (Å²) in [4.78, 5) is 11.0. The zero-order chi connectivity index (χ0) is 41.9. The largest absolute Gasteiger partial charge is 0.309 e. The van der Waals surface area contributed by atoms with Gasteiger partial charge in [0, 0.05) is 66.1 Å². The summed E-state index contributed by atoms with van der Waals surface area (Å²) in [6, 6.07) is 78.3. The molecule has 14 rings (SSSR count). The van der Waals surface area contributed by atoms with Gasteiger partial charge in [0.05, 0.1) is 49.8 Å². The molecule has 0 spiro atoms. The first kappa shape index (κ1) is 34.9. The molecule has 0 N–H and O–H groups in total. The second-order valence-corrected chi connectivity index (χ2v) is 16.6. The number of aromatic nitrogens is 6. The van der Waals surface area contributed by atoms with Crippen molar-refractivity contribution in [2.45, 2.75) is 0 Å². The number of rotatable bonds is 5. The van der Waals surface area contributed by atoms with E-state index >= 15 is 0 Å². The van der Waals surface area contributed by atoms with E-state index < -0.39 is 0 Å². The number of fused-ring (bicyclic) bond motifs is 12. The van der Waals surface area contributed by atoms with Crippen molar-refractivity contribution in [1.29, 1.82) is 0 Å². The highest BCUT2D eigenvalue weighted by Gasteiger charge is 2.22. The highest BCUT2D eigenvalue weighted by molar-refractivity contribution is 6.14. The SMILES string of the molecule is c1ccc(-c2cc(-n3c4ccccc4c4cc(-n5c6ccccc6c6ccccc65)ccc43)nc(-n3c4ccccc4c4cc(-n5c6ccccc6c6ccccc65)ccc43)n2)cc1. The fourth-order valence-corrected chi connectivity index (χ4v) is 10.5. The van der Waals surface area contributed by atoms with Crippen LogP contribution in [0.4, 0.5) is 0 Å². The van der Waals surface area contributed by atoms with E-state index in [-0.39, 0.29) is 0 Å². The van der Waals surface area contributed by atoms with Crippen molar-refractivity contribution in [3.63, 3.8) is 0 Å². The summed E-state index contributed by atoms with van der Waals surface area (Å²) in [7, 11) is 0. The van der Waals surface area contributed by atoms with E-state index in [4.69, 9.17) is 9.97 Å². The Morgan fingerprint density at radius 1 is 0.250 bits per heavy atom. The lowest BCUT2D eigenvalue weighted by Crippen LogP contribution is -2.07. The van der Waals surface area contributed by atoms with Gasteiger partial charge in [-0.1, -0.05) is 140 Å². The average Bonchev–Trinajstić information content (AvgIpc) is 4.09. The average molecular weight is 817 g/mol. The topological polar surface area (TPSA) is 45.5 Å². The smallest absolute Gasteiger partial charge is 0.237 e. The number of hydrogen-bond donors (Lipinski definition) is 0. The second kappa shape index (κ2) is 13.4. The van der Waals surface area contributed by atoms with Gasteiger partial charge in [-0.15, -0.1) is 0 Å². The standard InChI is InChI=1S/C58H36N6/c1-2-16-37(17-3-1)48-36-57(63-53-28-14-8-22-44(53)46-34-38(30-32-55(46)63)61-49-24-10-4-18-40(49)41-19-5-11-25-50(41)61)60-58(59-48)64-54-29-15-9-23-45(54)47-35-39(31-33-56(47)64)62-51-26-12-6-20-42(51)43-21-7-13-27-52(43)62/h1-36H. The van der Waals surface area contributed by atoms with Crippen molar-refractivity contribution in [3.05, 3.63) is 218 Å². The molecular formula is C58H36N6. The Balaban J connectivity index is 1.01. The Bertz CT molecular complexity index is 3840. The molecule has 6 nitrogen and oxygen atoms in total. The van der Waals surface area contributed by atoms with Crippen molar-refractivity contribution in [2.75, 3.05) is 0 Å². The van der Waals surface area contributed by atoms with Crippen LogP contribution in [0.2, 0.25) is 0 Å². The third-order valence-corrected chi connectivity index (χ3v) is 13.2. The maximum absolute atomic E-state index is 5.56. The maximum Gasteiger partial charge on any atom is 0.237 e. The molecule has 0 aliphatic carbocycles. The molecule has 64 heavy (non-hydrogen) atoms. The predicted octanol–water partition coefficient (Wildman–Crippen LogP) is 14.5. The Labute approximate surface area is 366 Å². The lowest BCUT2D eigenvalue weighted by Gasteiger charge is -2.14. The van der Waals surface area contributed by atoms with Crippen LogP contribution in [0.25, 0.3) is 122 Å². The summed E-state index contributed by atoms with van der Waals surface area (Å²) in [6.07, 6.45) is 0. The van der Waals surface area contributed by atoms with Crippen LogP contribution in [-0.4, -0.2) is 28.2 Å². The highest BCUT2D eigenvalue weighted by Crippen LogP contribution is 2.40. The molecule has 0 atom stereocenters. The number of benzene rings is 9. The van der Waals surface area contributed by atoms with Gasteiger partial charge in [-0.05, 0) is 72.8 Å². The maximum atomic E-state index is 5.56. The minimum Gasteiger partial charge on any atom is -0.309 e. The quantitative estimate of drug-likeness (QED) is 0.174. The summed E-state index contributed by atoms with van der Waals surface area (Å²) in [5, 5.41) is 9.58. The normalized spacial score (nSPS) is 12.1. The first-order chi connectivity index (χ1) is 31.8. The number of nitrogens with zero attached hydrogens (tertiary/aromatic N) is 6. The third-order valence-electron chi connectivity index (χ3n) is 13.2. The number of para-hydroxylation sites is 6. The highest BCUT2D eigenvalue weighted by atomic mass is 15.2. The monoisotopic (exact) mass is 816 g/mol. The zero-order valence-electron chi connectivity index (χ0n) is 34.5. The zero-order valence-corrected chi connectivity index (χ0v) is 34.5. The van der Waals surface area contributed by atoms with Crippen LogP contribution >= 0.6 is 0 Å². The summed E-state index contributed by atoms with van der Waals surface area (Å²) in [5.41, 5.74) is 13.1. The van der Waals surface area contributed by atoms with Gasteiger partial charge in [0.1, 0.15) is 5.82 Å². The fourth-order valence-electron chi connectivity index (χ4n) is 10.5. The molecule has 0 radical (unpaired) electrons. The van der Waals surface area contributed by atoms with Crippen LogP contribution in [0.15, 0.2) is 218 Å². The van der Waals surface area contributed by atoms with Crippen LogP contribution in [-0.2, 0) is 0 Å². The molecule has 0 saturated carbocycles. The first-order valence-electron chi connectivity index (χ1n) is 21.8. The Morgan fingerprint density at radius 3 is 1.05 bits per heavy atom. The Hall–Kier alpha value is -8.74. The molecule has 0 bridgehead atoms. The van der Waals surface area contributed by atoms with Crippen molar-refractivity contribution < 1.29 is 0 Å². The summed E-state index contributed by atoms with van der Waals surface area (Å²) < 4.78 is 9.33. The van der Waals surface area contributed by atoms with Gasteiger partial charge in [-0.2, -0.15) is 4.98 Å². The molecular weight excluding hydrogens is 781 g/mol. The second-order valence-electron chi connectivity index (χ2n) is 16.6. The minimum absolute atomic E-state index is 0.611. The van der Waals surface area contributed by atoms with Crippen LogP contribution in [0.1, 0.15) is 0 Å². The van der Waals surface area contributed by atoms with Crippen molar-refractivity contribution >= 4 is 87.2 Å². The molecule has 0 fully saturated rings. The van der Waals surface area contributed by atoms with Gasteiger partial charge in [0.25, 0.3) is 0 Å². The lowest BCUT2D eigenvalue weighted by atomic mass is 10.1. The van der Waals surface area contributed by atoms with Crippen LogP contribution in [0.5, 0.6) is 0 Å². The van der Waals surface area contributed by atoms with Crippen LogP contribution in [0.3, 0.4) is 0 Å². The molecule has 298 valence electrons. The predicted molar refractivity (Wildman–Crippen MR) is 265 cm³/mol. The van der Waals surface area contributed by atoms with E-state index in [1.807, 2.05) is 0 Å². The fraction of sp³-hybridized carbons (Fsp3) is 0. The van der Waals surface area contributed by atoms with Crippen molar-refractivity contribution in [2.24, 2.45) is 0 Å². The van der Waals surface area contributed by atoms with E-state index in [0.717, 1.165) is 72.1 Å². The molecule has 5 heterocycles. The third kappa shape index (κ3) is 4.96. The van der Waals surface area contributed by atoms with E-state index in [1.54, 1.807) is 0 Å². The molecule has 9 aromatic carbocycles. The van der Waals surface area contributed by atoms with Gasteiger partial charge in [-0.25, -0.2) is 4.98 Å². The van der Waals surface area contributed by atoms with Gasteiger partial charge in [0.15, 0.2) is 0 Å². The van der Waals surface area contributed by atoms with E-state index in [1.165, 1.54) is 43.6 Å². The minimum atomic E-state index is 0.611.